The molecule has 0 saturated heterocycles. The second-order valence-corrected chi connectivity index (χ2v) is 4.76. The lowest BCUT2D eigenvalue weighted by molar-refractivity contribution is 0.536. The van der Waals surface area contributed by atoms with E-state index in [1.54, 1.807) is 0 Å². The number of hydrogen-bond acceptors (Lipinski definition) is 1. The molecule has 84 valence electrons. The Morgan fingerprint density at radius 3 is 2.75 bits per heavy atom. The van der Waals surface area contributed by atoms with E-state index in [-0.39, 0.29) is 0 Å². The van der Waals surface area contributed by atoms with Crippen LogP contribution in [0.15, 0.2) is 30.5 Å². The van der Waals surface area contributed by atoms with Crippen molar-refractivity contribution >= 4 is 10.9 Å². The standard InChI is InChI=1S/C14H18N2/c15-10-11-5-6-14-12(9-11)7-8-16(14)13-3-1-2-4-13/h5-9,13H,1-4,10,15H2. The van der Waals surface area contributed by atoms with Gasteiger partial charge in [-0.1, -0.05) is 18.9 Å². The van der Waals surface area contributed by atoms with Crippen LogP contribution in [0.1, 0.15) is 37.3 Å². The van der Waals surface area contributed by atoms with Crippen LogP contribution in [0, 0.1) is 0 Å². The first-order valence-electron chi connectivity index (χ1n) is 6.18. The molecule has 1 saturated carbocycles. The topological polar surface area (TPSA) is 30.9 Å². The third-order valence-electron chi connectivity index (χ3n) is 3.74. The summed E-state index contributed by atoms with van der Waals surface area (Å²) >= 11 is 0. The zero-order valence-electron chi connectivity index (χ0n) is 9.52. The molecule has 0 unspecified atom stereocenters. The molecular weight excluding hydrogens is 196 g/mol. The van der Waals surface area contributed by atoms with Gasteiger partial charge in [0.05, 0.1) is 0 Å². The van der Waals surface area contributed by atoms with Crippen molar-refractivity contribution in [3.63, 3.8) is 0 Å². The van der Waals surface area contributed by atoms with Crippen molar-refractivity contribution in [1.82, 2.24) is 4.57 Å². The lowest BCUT2D eigenvalue weighted by Crippen LogP contribution is -2.02. The second kappa shape index (κ2) is 3.95. The van der Waals surface area contributed by atoms with Crippen LogP contribution in [0.25, 0.3) is 10.9 Å². The first-order valence-corrected chi connectivity index (χ1v) is 6.18. The molecule has 3 rings (SSSR count). The van der Waals surface area contributed by atoms with E-state index in [0.29, 0.717) is 6.54 Å². The van der Waals surface area contributed by atoms with Crippen LogP contribution >= 0.6 is 0 Å². The SMILES string of the molecule is NCc1ccc2c(ccn2C2CCCC2)c1. The van der Waals surface area contributed by atoms with Crippen LogP contribution in [-0.4, -0.2) is 4.57 Å². The van der Waals surface area contributed by atoms with Gasteiger partial charge in [0.2, 0.25) is 0 Å². The quantitative estimate of drug-likeness (QED) is 0.817. The van der Waals surface area contributed by atoms with Gasteiger partial charge < -0.3 is 10.3 Å². The molecule has 0 amide bonds. The Balaban J connectivity index is 2.06. The zero-order chi connectivity index (χ0) is 11.0. The summed E-state index contributed by atoms with van der Waals surface area (Å²) in [6.07, 6.45) is 7.67. The lowest BCUT2D eigenvalue weighted by Gasteiger charge is -2.13. The van der Waals surface area contributed by atoms with Gasteiger partial charge in [-0.05, 0) is 42.0 Å². The Morgan fingerprint density at radius 2 is 2.00 bits per heavy atom. The van der Waals surface area contributed by atoms with Gasteiger partial charge >= 0.3 is 0 Å². The van der Waals surface area contributed by atoms with Gasteiger partial charge in [0, 0.05) is 24.3 Å². The van der Waals surface area contributed by atoms with E-state index in [0.717, 1.165) is 6.04 Å². The molecule has 0 spiro atoms. The number of fused-ring (bicyclic) bond motifs is 1. The molecule has 1 aliphatic rings. The van der Waals surface area contributed by atoms with E-state index < -0.39 is 0 Å². The van der Waals surface area contributed by atoms with Crippen LogP contribution < -0.4 is 5.73 Å². The van der Waals surface area contributed by atoms with Crippen LogP contribution in [-0.2, 0) is 6.54 Å². The molecular formula is C14H18N2. The molecule has 0 radical (unpaired) electrons. The molecule has 1 fully saturated rings. The van der Waals surface area contributed by atoms with Crippen LogP contribution in [0.2, 0.25) is 0 Å². The number of aromatic nitrogens is 1. The van der Waals surface area contributed by atoms with Crippen LogP contribution in [0.3, 0.4) is 0 Å². The third-order valence-corrected chi connectivity index (χ3v) is 3.74. The zero-order valence-corrected chi connectivity index (χ0v) is 9.52. The highest BCUT2D eigenvalue weighted by atomic mass is 15.0. The van der Waals surface area contributed by atoms with Crippen molar-refractivity contribution in [3.05, 3.63) is 36.0 Å². The number of nitrogens with zero attached hydrogens (tertiary/aromatic N) is 1. The predicted molar refractivity (Wildman–Crippen MR) is 67.3 cm³/mol. The maximum atomic E-state index is 5.66. The molecule has 2 N–H and O–H groups in total. The summed E-state index contributed by atoms with van der Waals surface area (Å²) in [6.45, 7) is 0.630. The van der Waals surface area contributed by atoms with E-state index in [1.807, 2.05) is 0 Å². The van der Waals surface area contributed by atoms with Crippen molar-refractivity contribution in [2.45, 2.75) is 38.3 Å². The molecule has 1 aliphatic carbocycles. The maximum Gasteiger partial charge on any atom is 0.0483 e. The molecule has 1 aromatic carbocycles. The van der Waals surface area contributed by atoms with Crippen molar-refractivity contribution in [2.24, 2.45) is 5.73 Å². The minimum absolute atomic E-state index is 0.630. The summed E-state index contributed by atoms with van der Waals surface area (Å²) in [7, 11) is 0. The first-order chi connectivity index (χ1) is 7.88. The van der Waals surface area contributed by atoms with Gasteiger partial charge in [-0.25, -0.2) is 0 Å². The van der Waals surface area contributed by atoms with Crippen LogP contribution in [0.5, 0.6) is 0 Å². The summed E-state index contributed by atoms with van der Waals surface area (Å²) < 4.78 is 2.45. The highest BCUT2D eigenvalue weighted by Gasteiger charge is 2.17. The van der Waals surface area contributed by atoms with E-state index in [9.17, 15) is 0 Å². The number of nitrogens with two attached hydrogens (primary N) is 1. The molecule has 0 atom stereocenters. The Kier molecular flexibility index (Phi) is 2.44. The predicted octanol–water partition coefficient (Wildman–Crippen LogP) is 3.22. The van der Waals surface area contributed by atoms with Crippen molar-refractivity contribution in [1.29, 1.82) is 0 Å². The molecule has 2 aromatic rings. The average molecular weight is 214 g/mol. The van der Waals surface area contributed by atoms with Crippen molar-refractivity contribution in [2.75, 3.05) is 0 Å². The summed E-state index contributed by atoms with van der Waals surface area (Å²) in [6, 6.07) is 9.51. The van der Waals surface area contributed by atoms with Gasteiger partial charge in [-0.2, -0.15) is 0 Å². The normalized spacial score (nSPS) is 17.3. The van der Waals surface area contributed by atoms with Crippen LogP contribution in [0.4, 0.5) is 0 Å². The Bertz CT molecular complexity index is 492. The highest BCUT2D eigenvalue weighted by molar-refractivity contribution is 5.81. The monoisotopic (exact) mass is 214 g/mol. The molecule has 2 heteroatoms. The van der Waals surface area contributed by atoms with Gasteiger partial charge in [-0.3, -0.25) is 0 Å². The summed E-state index contributed by atoms with van der Waals surface area (Å²) in [4.78, 5) is 0. The van der Waals surface area contributed by atoms with Crippen molar-refractivity contribution < 1.29 is 0 Å². The van der Waals surface area contributed by atoms with Crippen molar-refractivity contribution in [3.8, 4) is 0 Å². The van der Waals surface area contributed by atoms with E-state index in [1.165, 1.54) is 42.1 Å². The smallest absolute Gasteiger partial charge is 0.0483 e. The highest BCUT2D eigenvalue weighted by Crippen LogP contribution is 2.32. The molecule has 1 heterocycles. The number of rotatable bonds is 2. The fourth-order valence-corrected chi connectivity index (χ4v) is 2.84. The fraction of sp³-hybridized carbons (Fsp3) is 0.429. The summed E-state index contributed by atoms with van der Waals surface area (Å²) in [5, 5.41) is 1.33. The largest absolute Gasteiger partial charge is 0.344 e. The number of hydrogen-bond donors (Lipinski definition) is 1. The van der Waals surface area contributed by atoms with E-state index in [4.69, 9.17) is 5.73 Å². The van der Waals surface area contributed by atoms with E-state index >= 15 is 0 Å². The minimum atomic E-state index is 0.630. The average Bonchev–Trinajstić information content (AvgIpc) is 2.96. The Labute approximate surface area is 96.1 Å². The van der Waals surface area contributed by atoms with E-state index in [2.05, 4.69) is 35.0 Å². The minimum Gasteiger partial charge on any atom is -0.344 e. The third kappa shape index (κ3) is 1.54. The lowest BCUT2D eigenvalue weighted by atomic mass is 10.1. The van der Waals surface area contributed by atoms with Gasteiger partial charge in [0.1, 0.15) is 0 Å². The first kappa shape index (κ1) is 9.91. The number of benzene rings is 1. The Hall–Kier alpha value is -1.28. The molecule has 2 nitrogen and oxygen atoms in total. The van der Waals surface area contributed by atoms with Gasteiger partial charge in [-0.15, -0.1) is 0 Å². The molecule has 0 bridgehead atoms. The molecule has 0 aliphatic heterocycles. The Morgan fingerprint density at radius 1 is 1.19 bits per heavy atom. The summed E-state index contributed by atoms with van der Waals surface area (Å²) in [5.74, 6) is 0. The second-order valence-electron chi connectivity index (χ2n) is 4.76. The fourth-order valence-electron chi connectivity index (χ4n) is 2.84. The maximum absolute atomic E-state index is 5.66. The van der Waals surface area contributed by atoms with Gasteiger partial charge in [0.25, 0.3) is 0 Å². The molecule has 1 aromatic heterocycles. The molecule has 16 heavy (non-hydrogen) atoms. The van der Waals surface area contributed by atoms with Gasteiger partial charge in [0.15, 0.2) is 0 Å². The summed E-state index contributed by atoms with van der Waals surface area (Å²) in [5.41, 5.74) is 8.25.